The summed E-state index contributed by atoms with van der Waals surface area (Å²) < 4.78 is 0. The normalized spacial score (nSPS) is 20.1. The van der Waals surface area contributed by atoms with E-state index in [1.807, 2.05) is 36.5 Å². The molecule has 5 heteroatoms. The topological polar surface area (TPSA) is 36.4 Å². The molecule has 2 aromatic rings. The van der Waals surface area contributed by atoms with Crippen LogP contribution >= 0.6 is 11.6 Å². The van der Waals surface area contributed by atoms with Crippen molar-refractivity contribution in [3.63, 3.8) is 0 Å². The number of hydrogen-bond donors (Lipinski definition) is 0. The molecule has 148 valence electrons. The van der Waals surface area contributed by atoms with Crippen LogP contribution in [0, 0.1) is 0 Å². The molecule has 1 saturated carbocycles. The van der Waals surface area contributed by atoms with Crippen LogP contribution in [0.4, 0.5) is 0 Å². The molecule has 28 heavy (non-hydrogen) atoms. The summed E-state index contributed by atoms with van der Waals surface area (Å²) in [5, 5.41) is 0.718. The summed E-state index contributed by atoms with van der Waals surface area (Å²) in [4.78, 5) is 22.6. The maximum absolute atomic E-state index is 13.7. The van der Waals surface area contributed by atoms with Crippen molar-refractivity contribution in [1.29, 1.82) is 0 Å². The highest BCUT2D eigenvalue weighted by atomic mass is 35.5. The van der Waals surface area contributed by atoms with Gasteiger partial charge in [0.15, 0.2) is 0 Å². The van der Waals surface area contributed by atoms with Crippen molar-refractivity contribution in [3.05, 3.63) is 64.9 Å². The van der Waals surface area contributed by atoms with Crippen LogP contribution in [-0.2, 0) is 16.8 Å². The van der Waals surface area contributed by atoms with Gasteiger partial charge in [0, 0.05) is 43.9 Å². The average Bonchev–Trinajstić information content (AvgIpc) is 2.75. The number of nitrogens with zero attached hydrogens (tertiary/aromatic N) is 3. The lowest BCUT2D eigenvalue weighted by molar-refractivity contribution is -0.140. The van der Waals surface area contributed by atoms with Crippen molar-refractivity contribution in [2.75, 3.05) is 26.2 Å². The fourth-order valence-corrected chi connectivity index (χ4v) is 4.89. The first-order valence-corrected chi connectivity index (χ1v) is 10.7. The minimum absolute atomic E-state index is 0.298. The van der Waals surface area contributed by atoms with Gasteiger partial charge in [-0.05, 0) is 42.7 Å². The molecule has 1 aliphatic carbocycles. The van der Waals surface area contributed by atoms with Crippen LogP contribution in [0.15, 0.2) is 48.7 Å². The number of benzene rings is 1. The number of aromatic nitrogens is 1. The summed E-state index contributed by atoms with van der Waals surface area (Å²) >= 11 is 6.28. The standard InChI is InChI=1S/C23H28ClN3O/c24-20-8-6-7-19(17-20)23(10-3-1-4-11-23)22(28)27-15-13-26(14-16-27)18-21-9-2-5-12-25-21/h2,5-9,12,17H,1,3-4,10-11,13-16,18H2. The number of amides is 1. The first-order valence-electron chi connectivity index (χ1n) is 10.4. The van der Waals surface area contributed by atoms with Crippen molar-refractivity contribution in [2.45, 2.75) is 44.1 Å². The third kappa shape index (κ3) is 4.08. The Morgan fingerprint density at radius 2 is 1.79 bits per heavy atom. The van der Waals surface area contributed by atoms with E-state index in [2.05, 4.69) is 26.9 Å². The van der Waals surface area contributed by atoms with E-state index < -0.39 is 5.41 Å². The van der Waals surface area contributed by atoms with Gasteiger partial charge in [0.05, 0.1) is 11.1 Å². The van der Waals surface area contributed by atoms with Gasteiger partial charge < -0.3 is 4.90 Å². The van der Waals surface area contributed by atoms with E-state index >= 15 is 0 Å². The fourth-order valence-electron chi connectivity index (χ4n) is 4.70. The molecule has 1 aromatic carbocycles. The van der Waals surface area contributed by atoms with Gasteiger partial charge in [-0.1, -0.05) is 49.1 Å². The number of rotatable bonds is 4. The Morgan fingerprint density at radius 3 is 2.46 bits per heavy atom. The molecule has 4 rings (SSSR count). The zero-order valence-electron chi connectivity index (χ0n) is 16.3. The highest BCUT2D eigenvalue weighted by molar-refractivity contribution is 6.30. The van der Waals surface area contributed by atoms with E-state index in [1.54, 1.807) is 0 Å². The van der Waals surface area contributed by atoms with Gasteiger partial charge in [0.2, 0.25) is 5.91 Å². The Morgan fingerprint density at radius 1 is 1.00 bits per heavy atom. The van der Waals surface area contributed by atoms with E-state index in [4.69, 9.17) is 11.6 Å². The van der Waals surface area contributed by atoms with Crippen LogP contribution in [-0.4, -0.2) is 46.9 Å². The molecule has 2 heterocycles. The predicted octanol–water partition coefficient (Wildman–Crippen LogP) is 4.28. The number of carbonyl (C=O) groups excluding carboxylic acids is 1. The van der Waals surface area contributed by atoms with Crippen LogP contribution < -0.4 is 0 Å². The summed E-state index contributed by atoms with van der Waals surface area (Å²) in [5.74, 6) is 0.298. The summed E-state index contributed by atoms with van der Waals surface area (Å²) in [6.45, 7) is 4.21. The van der Waals surface area contributed by atoms with E-state index in [0.29, 0.717) is 5.91 Å². The lowest BCUT2D eigenvalue weighted by Crippen LogP contribution is -2.55. The number of carbonyl (C=O) groups is 1. The second-order valence-electron chi connectivity index (χ2n) is 8.04. The average molecular weight is 398 g/mol. The van der Waals surface area contributed by atoms with Gasteiger partial charge in [-0.25, -0.2) is 0 Å². The van der Waals surface area contributed by atoms with Crippen molar-refractivity contribution >= 4 is 17.5 Å². The number of pyridine rings is 1. The molecule has 0 spiro atoms. The quantitative estimate of drug-likeness (QED) is 0.772. The maximum Gasteiger partial charge on any atom is 0.233 e. The first kappa shape index (κ1) is 19.4. The summed E-state index contributed by atoms with van der Waals surface area (Å²) in [6, 6.07) is 14.0. The van der Waals surface area contributed by atoms with E-state index in [0.717, 1.165) is 74.7 Å². The van der Waals surface area contributed by atoms with Gasteiger partial charge in [-0.3, -0.25) is 14.7 Å². The zero-order valence-corrected chi connectivity index (χ0v) is 17.1. The van der Waals surface area contributed by atoms with Gasteiger partial charge in [-0.2, -0.15) is 0 Å². The summed E-state index contributed by atoms with van der Waals surface area (Å²) in [7, 11) is 0. The van der Waals surface area contributed by atoms with E-state index in [1.165, 1.54) is 6.42 Å². The maximum atomic E-state index is 13.7. The van der Waals surface area contributed by atoms with Gasteiger partial charge in [-0.15, -0.1) is 0 Å². The van der Waals surface area contributed by atoms with E-state index in [-0.39, 0.29) is 0 Å². The molecule has 1 amide bonds. The Hall–Kier alpha value is -1.91. The Balaban J connectivity index is 1.46. The molecule has 1 aliphatic heterocycles. The number of hydrogen-bond acceptors (Lipinski definition) is 3. The first-order chi connectivity index (χ1) is 13.7. The van der Waals surface area contributed by atoms with Gasteiger partial charge in [0.25, 0.3) is 0 Å². The van der Waals surface area contributed by atoms with Crippen molar-refractivity contribution in [2.24, 2.45) is 0 Å². The Kier molecular flexibility index (Phi) is 5.98. The molecular weight excluding hydrogens is 370 g/mol. The number of halogens is 1. The Bertz CT molecular complexity index is 797. The lowest BCUT2D eigenvalue weighted by atomic mass is 9.68. The third-order valence-electron chi connectivity index (χ3n) is 6.26. The smallest absolute Gasteiger partial charge is 0.233 e. The Labute approximate surface area is 172 Å². The monoisotopic (exact) mass is 397 g/mol. The second kappa shape index (κ2) is 8.62. The fraction of sp³-hybridized carbons (Fsp3) is 0.478. The van der Waals surface area contributed by atoms with Crippen LogP contribution in [0.1, 0.15) is 43.4 Å². The molecule has 4 nitrogen and oxygen atoms in total. The van der Waals surface area contributed by atoms with E-state index in [9.17, 15) is 4.79 Å². The molecule has 0 bridgehead atoms. The van der Waals surface area contributed by atoms with Crippen LogP contribution in [0.5, 0.6) is 0 Å². The van der Waals surface area contributed by atoms with Crippen LogP contribution in [0.25, 0.3) is 0 Å². The molecule has 0 N–H and O–H groups in total. The SMILES string of the molecule is O=C(N1CCN(Cc2ccccn2)CC1)C1(c2cccc(Cl)c2)CCCCC1. The molecule has 2 aliphatic rings. The van der Waals surface area contributed by atoms with Crippen molar-refractivity contribution in [3.8, 4) is 0 Å². The third-order valence-corrected chi connectivity index (χ3v) is 6.50. The van der Waals surface area contributed by atoms with Gasteiger partial charge >= 0.3 is 0 Å². The van der Waals surface area contributed by atoms with Crippen LogP contribution in [0.2, 0.25) is 5.02 Å². The predicted molar refractivity (Wildman–Crippen MR) is 112 cm³/mol. The minimum Gasteiger partial charge on any atom is -0.339 e. The highest BCUT2D eigenvalue weighted by Gasteiger charge is 2.44. The number of piperazine rings is 1. The molecule has 1 aromatic heterocycles. The molecule has 0 radical (unpaired) electrons. The van der Waals surface area contributed by atoms with Crippen molar-refractivity contribution in [1.82, 2.24) is 14.8 Å². The highest BCUT2D eigenvalue weighted by Crippen LogP contribution is 2.42. The molecule has 0 unspecified atom stereocenters. The second-order valence-corrected chi connectivity index (χ2v) is 8.48. The molecular formula is C23H28ClN3O. The van der Waals surface area contributed by atoms with Crippen LogP contribution in [0.3, 0.4) is 0 Å². The zero-order chi connectivity index (χ0) is 19.4. The molecule has 2 fully saturated rings. The summed E-state index contributed by atoms with van der Waals surface area (Å²) in [5.41, 5.74) is 1.79. The van der Waals surface area contributed by atoms with Crippen molar-refractivity contribution < 1.29 is 4.79 Å². The summed E-state index contributed by atoms with van der Waals surface area (Å²) in [6.07, 6.45) is 7.14. The minimum atomic E-state index is -0.397. The molecule has 1 saturated heterocycles. The largest absolute Gasteiger partial charge is 0.339 e. The van der Waals surface area contributed by atoms with Gasteiger partial charge in [0.1, 0.15) is 0 Å². The molecule has 0 atom stereocenters. The lowest BCUT2D eigenvalue weighted by Gasteiger charge is -2.43.